The summed E-state index contributed by atoms with van der Waals surface area (Å²) in [6, 6.07) is -2.82. The maximum absolute atomic E-state index is 12.5. The second kappa shape index (κ2) is 16.6. The number of aliphatic hydroxyl groups excluding tert-OH is 8. The van der Waals surface area contributed by atoms with Gasteiger partial charge in [-0.15, -0.1) is 0 Å². The standard InChI is InChI=1S/C25H47N5O13/c1-28-15-10(8-32)9-40-24(17(15)35)43-22-12(30-23(39)13(33)6-26)5-11(27)21(20(22)38)42-25-19(37)18(36)16(34)14(41-25)7-29-3-2-4-31/h8,11-22,24-25,28-29,31-38H,2-7,9,26-27H2,1H3,(H,30,39)/b10-8-/t11-,12+,13-,14+,15-,16+,17+,18-,19+,20-,21?,22-,24+,25+/m0/s1. The van der Waals surface area contributed by atoms with Crippen LogP contribution in [0.4, 0.5) is 0 Å². The molecule has 43 heavy (non-hydrogen) atoms. The first-order chi connectivity index (χ1) is 20.5. The van der Waals surface area contributed by atoms with Crippen molar-refractivity contribution in [2.75, 3.05) is 39.9 Å². The van der Waals surface area contributed by atoms with Gasteiger partial charge in [-0.3, -0.25) is 4.79 Å². The summed E-state index contributed by atoms with van der Waals surface area (Å²) in [5.74, 6) is -0.858. The zero-order chi connectivity index (χ0) is 31.8. The van der Waals surface area contributed by atoms with Gasteiger partial charge in [0.15, 0.2) is 12.6 Å². The van der Waals surface area contributed by atoms with Crippen LogP contribution in [0.3, 0.4) is 0 Å². The average Bonchev–Trinajstić information content (AvgIpc) is 2.99. The predicted molar refractivity (Wildman–Crippen MR) is 146 cm³/mol. The molecular formula is C25H47N5O13. The first-order valence-electron chi connectivity index (χ1n) is 14.2. The predicted octanol–water partition coefficient (Wildman–Crippen LogP) is -6.82. The molecule has 0 aromatic heterocycles. The van der Waals surface area contributed by atoms with Gasteiger partial charge in [-0.1, -0.05) is 0 Å². The molecule has 0 bridgehead atoms. The maximum atomic E-state index is 12.5. The highest BCUT2D eigenvalue weighted by Gasteiger charge is 2.51. The lowest BCUT2D eigenvalue weighted by Gasteiger charge is -2.48. The molecule has 3 fully saturated rings. The van der Waals surface area contributed by atoms with E-state index in [1.807, 2.05) is 0 Å². The Labute approximate surface area is 248 Å². The molecule has 1 amide bonds. The molecule has 0 radical (unpaired) electrons. The average molecular weight is 626 g/mol. The Morgan fingerprint density at radius 2 is 1.77 bits per heavy atom. The molecule has 18 heteroatoms. The number of hydrogen-bond donors (Lipinski definition) is 13. The number of carbonyl (C=O) groups is 1. The molecule has 1 saturated carbocycles. The molecular weight excluding hydrogens is 578 g/mol. The van der Waals surface area contributed by atoms with Crippen molar-refractivity contribution in [3.8, 4) is 0 Å². The monoisotopic (exact) mass is 625 g/mol. The molecule has 1 unspecified atom stereocenters. The molecule has 18 nitrogen and oxygen atoms in total. The summed E-state index contributed by atoms with van der Waals surface area (Å²) < 4.78 is 23.2. The molecule has 250 valence electrons. The van der Waals surface area contributed by atoms with Gasteiger partial charge in [-0.05, 0) is 26.4 Å². The molecule has 1 aliphatic carbocycles. The van der Waals surface area contributed by atoms with E-state index in [1.165, 1.54) is 0 Å². The summed E-state index contributed by atoms with van der Waals surface area (Å²) in [4.78, 5) is 12.5. The Balaban J connectivity index is 1.81. The number of hydrogen-bond acceptors (Lipinski definition) is 17. The van der Waals surface area contributed by atoms with Gasteiger partial charge in [-0.25, -0.2) is 0 Å². The van der Waals surface area contributed by atoms with Crippen LogP contribution in [0.15, 0.2) is 11.8 Å². The Morgan fingerprint density at radius 1 is 1.07 bits per heavy atom. The molecule has 0 aromatic rings. The second-order valence-corrected chi connectivity index (χ2v) is 10.9. The molecule has 2 aliphatic heterocycles. The van der Waals surface area contributed by atoms with Crippen molar-refractivity contribution >= 4 is 5.91 Å². The Morgan fingerprint density at radius 3 is 2.40 bits per heavy atom. The number of amides is 1. The van der Waals surface area contributed by atoms with E-state index in [-0.39, 0.29) is 32.7 Å². The Kier molecular flexibility index (Phi) is 13.9. The fourth-order valence-electron chi connectivity index (χ4n) is 5.42. The lowest BCUT2D eigenvalue weighted by atomic mass is 9.83. The van der Waals surface area contributed by atoms with Crippen LogP contribution >= 0.6 is 0 Å². The molecule has 2 saturated heterocycles. The lowest BCUT2D eigenvalue weighted by Crippen LogP contribution is -2.68. The van der Waals surface area contributed by atoms with Crippen LogP contribution in [0, 0.1) is 0 Å². The van der Waals surface area contributed by atoms with Crippen molar-refractivity contribution in [1.29, 1.82) is 0 Å². The smallest absolute Gasteiger partial charge is 0.250 e. The Hall–Kier alpha value is -1.59. The molecule has 14 atom stereocenters. The Bertz CT molecular complexity index is 906. The third kappa shape index (κ3) is 8.57. The SMILES string of the molecule is CN[C@H]1/C(=C\O)CO[C@H](O[C@H]2[C@H](NC(=O)[C@@H](O)CN)C[C@H](N)C(O[C@H]3O[C@H](CNCCCO)[C@@H](O)[C@H](O)[C@H]3O)[C@@H]2O)[C@@H]1O. The van der Waals surface area contributed by atoms with Gasteiger partial charge < -0.3 is 87.2 Å². The van der Waals surface area contributed by atoms with Crippen LogP contribution in [0.2, 0.25) is 0 Å². The second-order valence-electron chi connectivity index (χ2n) is 10.9. The van der Waals surface area contributed by atoms with Gasteiger partial charge in [0.05, 0.1) is 25.0 Å². The largest absolute Gasteiger partial charge is 0.515 e. The number of nitrogens with one attached hydrogen (secondary N) is 3. The van der Waals surface area contributed by atoms with Crippen LogP contribution < -0.4 is 27.4 Å². The third-order valence-corrected chi connectivity index (χ3v) is 7.89. The molecule has 15 N–H and O–H groups in total. The summed E-state index contributed by atoms with van der Waals surface area (Å²) in [5, 5.41) is 90.5. The highest BCUT2D eigenvalue weighted by Crippen LogP contribution is 2.32. The van der Waals surface area contributed by atoms with Crippen molar-refractivity contribution in [2.24, 2.45) is 11.5 Å². The van der Waals surface area contributed by atoms with Crippen LogP contribution in [-0.2, 0) is 23.7 Å². The van der Waals surface area contributed by atoms with Gasteiger partial charge in [0.2, 0.25) is 5.91 Å². The normalized spacial score (nSPS) is 42.1. The van der Waals surface area contributed by atoms with Crippen LogP contribution in [0.1, 0.15) is 12.8 Å². The van der Waals surface area contributed by atoms with Gasteiger partial charge in [0.25, 0.3) is 0 Å². The van der Waals surface area contributed by atoms with Crippen molar-refractivity contribution in [1.82, 2.24) is 16.0 Å². The quantitative estimate of drug-likeness (QED) is 0.0668. The highest BCUT2D eigenvalue weighted by atomic mass is 16.7. The number of likely N-dealkylation sites (N-methyl/N-ethyl adjacent to an activating group) is 1. The molecule has 0 aromatic carbocycles. The van der Waals surface area contributed by atoms with Crippen molar-refractivity contribution in [3.63, 3.8) is 0 Å². The summed E-state index contributed by atoms with van der Waals surface area (Å²) in [7, 11) is 1.55. The lowest BCUT2D eigenvalue weighted by molar-refractivity contribution is -0.326. The summed E-state index contributed by atoms with van der Waals surface area (Å²) in [6.07, 6.45) is -15.0. The topological polar surface area (TPSA) is 304 Å². The van der Waals surface area contributed by atoms with Crippen LogP contribution in [0.25, 0.3) is 0 Å². The summed E-state index contributed by atoms with van der Waals surface area (Å²) in [6.45, 7) is -0.134. The molecule has 0 spiro atoms. The molecule has 2 heterocycles. The van der Waals surface area contributed by atoms with E-state index in [0.29, 0.717) is 18.5 Å². The minimum atomic E-state index is -1.73. The van der Waals surface area contributed by atoms with E-state index in [0.717, 1.165) is 6.26 Å². The number of aliphatic hydroxyl groups is 8. The number of nitrogens with two attached hydrogens (primary N) is 2. The van der Waals surface area contributed by atoms with Gasteiger partial charge in [-0.2, -0.15) is 0 Å². The minimum absolute atomic E-state index is 0.0429. The van der Waals surface area contributed by atoms with E-state index in [9.17, 15) is 40.5 Å². The number of carbonyl (C=O) groups excluding carboxylic acids is 1. The first-order valence-corrected chi connectivity index (χ1v) is 14.2. The summed E-state index contributed by atoms with van der Waals surface area (Å²) >= 11 is 0. The molecule has 3 aliphatic rings. The fraction of sp³-hybridized carbons (Fsp3) is 0.880. The van der Waals surface area contributed by atoms with Gasteiger partial charge in [0.1, 0.15) is 54.9 Å². The number of ether oxygens (including phenoxy) is 4. The van der Waals surface area contributed by atoms with E-state index in [2.05, 4.69) is 16.0 Å². The zero-order valence-corrected chi connectivity index (χ0v) is 23.9. The van der Waals surface area contributed by atoms with Gasteiger partial charge in [0, 0.05) is 31.3 Å². The third-order valence-electron chi connectivity index (χ3n) is 7.89. The van der Waals surface area contributed by atoms with Gasteiger partial charge >= 0.3 is 0 Å². The first kappa shape index (κ1) is 35.9. The molecule has 3 rings (SSSR count). The van der Waals surface area contributed by atoms with Crippen molar-refractivity contribution in [3.05, 3.63) is 11.8 Å². The highest BCUT2D eigenvalue weighted by molar-refractivity contribution is 5.81. The van der Waals surface area contributed by atoms with E-state index in [4.69, 9.17) is 35.5 Å². The van der Waals surface area contributed by atoms with Crippen molar-refractivity contribution in [2.45, 2.75) is 98.5 Å². The fourth-order valence-corrected chi connectivity index (χ4v) is 5.42. The van der Waals surface area contributed by atoms with E-state index >= 15 is 0 Å². The minimum Gasteiger partial charge on any atom is -0.515 e. The zero-order valence-electron chi connectivity index (χ0n) is 23.9. The number of rotatable bonds is 13. The van der Waals surface area contributed by atoms with E-state index < -0.39 is 91.5 Å². The van der Waals surface area contributed by atoms with E-state index in [1.54, 1.807) is 7.05 Å². The van der Waals surface area contributed by atoms with Crippen LogP contribution in [0.5, 0.6) is 0 Å². The van der Waals surface area contributed by atoms with Crippen LogP contribution in [-0.4, -0.2) is 172 Å². The maximum Gasteiger partial charge on any atom is 0.250 e. The van der Waals surface area contributed by atoms with Crippen molar-refractivity contribution < 1.29 is 64.6 Å². The summed E-state index contributed by atoms with van der Waals surface area (Å²) in [5.41, 5.74) is 12.1.